The van der Waals surface area contributed by atoms with Crippen molar-refractivity contribution in [1.29, 1.82) is 0 Å². The highest BCUT2D eigenvalue weighted by molar-refractivity contribution is 5.50. The maximum absolute atomic E-state index is 5.74. The Kier molecular flexibility index (Phi) is 4.39. The van der Waals surface area contributed by atoms with Gasteiger partial charge in [-0.3, -0.25) is 0 Å². The lowest BCUT2D eigenvalue weighted by molar-refractivity contribution is 0.243. The summed E-state index contributed by atoms with van der Waals surface area (Å²) in [7, 11) is 0. The molecule has 2 rings (SSSR count). The Balaban J connectivity index is 2.09. The number of hydrogen-bond donors (Lipinski definition) is 1. The van der Waals surface area contributed by atoms with Crippen molar-refractivity contribution in [3.05, 3.63) is 53.7 Å². The zero-order valence-corrected chi connectivity index (χ0v) is 11.7. The van der Waals surface area contributed by atoms with Crippen LogP contribution in [-0.2, 0) is 6.54 Å². The average Bonchev–Trinajstić information content (AvgIpc) is 2.39. The molecule has 1 aromatic carbocycles. The van der Waals surface area contributed by atoms with Crippen LogP contribution in [0, 0.1) is 6.92 Å². The van der Waals surface area contributed by atoms with Gasteiger partial charge in [-0.1, -0.05) is 24.3 Å². The SMILES string of the molecule is Cc1ccccc1CNc1ncccc1OC(C)C. The highest BCUT2D eigenvalue weighted by Crippen LogP contribution is 2.23. The van der Waals surface area contributed by atoms with E-state index in [-0.39, 0.29) is 6.10 Å². The molecule has 1 N–H and O–H groups in total. The van der Waals surface area contributed by atoms with Gasteiger partial charge in [0.2, 0.25) is 0 Å². The molecule has 0 aliphatic heterocycles. The summed E-state index contributed by atoms with van der Waals surface area (Å²) in [4.78, 5) is 4.34. The highest BCUT2D eigenvalue weighted by atomic mass is 16.5. The van der Waals surface area contributed by atoms with E-state index in [1.54, 1.807) is 6.20 Å². The molecule has 0 fully saturated rings. The molecule has 3 nitrogen and oxygen atoms in total. The third kappa shape index (κ3) is 3.71. The lowest BCUT2D eigenvalue weighted by atomic mass is 10.1. The summed E-state index contributed by atoms with van der Waals surface area (Å²) in [5, 5.41) is 3.34. The zero-order valence-electron chi connectivity index (χ0n) is 11.7. The van der Waals surface area contributed by atoms with Crippen LogP contribution in [0.1, 0.15) is 25.0 Å². The van der Waals surface area contributed by atoms with Gasteiger partial charge in [0.25, 0.3) is 0 Å². The number of hydrogen-bond acceptors (Lipinski definition) is 3. The molecule has 0 radical (unpaired) electrons. The number of rotatable bonds is 5. The number of benzene rings is 1. The Morgan fingerprint density at radius 1 is 1.16 bits per heavy atom. The number of aromatic nitrogens is 1. The standard InChI is InChI=1S/C16H20N2O/c1-12(2)19-15-9-6-10-17-16(15)18-11-14-8-5-4-7-13(14)3/h4-10,12H,11H2,1-3H3,(H,17,18). The van der Waals surface area contributed by atoms with Crippen LogP contribution in [0.15, 0.2) is 42.6 Å². The fourth-order valence-corrected chi connectivity index (χ4v) is 1.86. The molecule has 1 heterocycles. The fraction of sp³-hybridized carbons (Fsp3) is 0.312. The van der Waals surface area contributed by atoms with Crippen LogP contribution in [0.4, 0.5) is 5.82 Å². The third-order valence-electron chi connectivity index (χ3n) is 2.84. The molecule has 19 heavy (non-hydrogen) atoms. The zero-order chi connectivity index (χ0) is 13.7. The topological polar surface area (TPSA) is 34.2 Å². The maximum atomic E-state index is 5.74. The van der Waals surface area contributed by atoms with Crippen molar-refractivity contribution in [3.63, 3.8) is 0 Å². The number of nitrogens with one attached hydrogen (secondary N) is 1. The first-order valence-electron chi connectivity index (χ1n) is 6.57. The fourth-order valence-electron chi connectivity index (χ4n) is 1.86. The number of nitrogens with zero attached hydrogens (tertiary/aromatic N) is 1. The largest absolute Gasteiger partial charge is 0.487 e. The van der Waals surface area contributed by atoms with Crippen LogP contribution in [0.2, 0.25) is 0 Å². The van der Waals surface area contributed by atoms with E-state index < -0.39 is 0 Å². The number of anilines is 1. The molecule has 100 valence electrons. The Morgan fingerprint density at radius 3 is 2.68 bits per heavy atom. The van der Waals surface area contributed by atoms with Gasteiger partial charge >= 0.3 is 0 Å². The van der Waals surface area contributed by atoms with E-state index in [0.29, 0.717) is 0 Å². The molecule has 0 unspecified atom stereocenters. The Labute approximate surface area is 114 Å². The van der Waals surface area contributed by atoms with Crippen molar-refractivity contribution in [2.45, 2.75) is 33.4 Å². The summed E-state index contributed by atoms with van der Waals surface area (Å²) in [6.07, 6.45) is 1.91. The molecule has 0 saturated carbocycles. The van der Waals surface area contributed by atoms with Crippen molar-refractivity contribution in [1.82, 2.24) is 4.98 Å². The smallest absolute Gasteiger partial charge is 0.169 e. The molecule has 0 spiro atoms. The van der Waals surface area contributed by atoms with Crippen LogP contribution in [0.3, 0.4) is 0 Å². The summed E-state index contributed by atoms with van der Waals surface area (Å²) in [6.45, 7) is 6.88. The minimum absolute atomic E-state index is 0.142. The predicted molar refractivity (Wildman–Crippen MR) is 78.5 cm³/mol. The van der Waals surface area contributed by atoms with E-state index in [9.17, 15) is 0 Å². The second-order valence-electron chi connectivity index (χ2n) is 4.80. The second-order valence-corrected chi connectivity index (χ2v) is 4.80. The molecular formula is C16H20N2O. The minimum Gasteiger partial charge on any atom is -0.487 e. The first-order valence-corrected chi connectivity index (χ1v) is 6.57. The lowest BCUT2D eigenvalue weighted by Crippen LogP contribution is -2.10. The molecule has 2 aromatic rings. The Hall–Kier alpha value is -2.03. The van der Waals surface area contributed by atoms with Gasteiger partial charge in [0, 0.05) is 12.7 Å². The molecule has 1 aromatic heterocycles. The van der Waals surface area contributed by atoms with E-state index in [4.69, 9.17) is 4.74 Å². The molecule has 0 amide bonds. The number of ether oxygens (including phenoxy) is 1. The van der Waals surface area contributed by atoms with E-state index in [1.807, 2.05) is 38.1 Å². The summed E-state index contributed by atoms with van der Waals surface area (Å²) < 4.78 is 5.74. The van der Waals surface area contributed by atoms with Crippen molar-refractivity contribution < 1.29 is 4.74 Å². The van der Waals surface area contributed by atoms with E-state index in [2.05, 4.69) is 29.4 Å². The normalized spacial score (nSPS) is 10.5. The summed E-state index contributed by atoms with van der Waals surface area (Å²) in [5.41, 5.74) is 2.54. The van der Waals surface area contributed by atoms with Crippen LogP contribution in [0.25, 0.3) is 0 Å². The average molecular weight is 256 g/mol. The number of pyridine rings is 1. The molecular weight excluding hydrogens is 236 g/mol. The van der Waals surface area contributed by atoms with Gasteiger partial charge in [0.15, 0.2) is 11.6 Å². The van der Waals surface area contributed by atoms with E-state index >= 15 is 0 Å². The first kappa shape index (κ1) is 13.4. The molecule has 0 atom stereocenters. The molecule has 0 aliphatic rings. The third-order valence-corrected chi connectivity index (χ3v) is 2.84. The monoisotopic (exact) mass is 256 g/mol. The van der Waals surface area contributed by atoms with Gasteiger partial charge in [-0.05, 0) is 44.0 Å². The Bertz CT molecular complexity index is 538. The molecule has 0 bridgehead atoms. The van der Waals surface area contributed by atoms with Crippen LogP contribution < -0.4 is 10.1 Å². The van der Waals surface area contributed by atoms with Gasteiger partial charge in [-0.25, -0.2) is 4.98 Å². The van der Waals surface area contributed by atoms with Gasteiger partial charge in [-0.2, -0.15) is 0 Å². The minimum atomic E-state index is 0.142. The van der Waals surface area contributed by atoms with Crippen LogP contribution >= 0.6 is 0 Å². The Morgan fingerprint density at radius 2 is 1.95 bits per heavy atom. The molecule has 3 heteroatoms. The van der Waals surface area contributed by atoms with E-state index in [0.717, 1.165) is 18.1 Å². The first-order chi connectivity index (χ1) is 9.16. The van der Waals surface area contributed by atoms with Gasteiger partial charge in [0.05, 0.1) is 6.10 Å². The molecule has 0 saturated heterocycles. The lowest BCUT2D eigenvalue weighted by Gasteiger charge is -2.15. The second kappa shape index (κ2) is 6.23. The van der Waals surface area contributed by atoms with Gasteiger partial charge < -0.3 is 10.1 Å². The number of aryl methyl sites for hydroxylation is 1. The van der Waals surface area contributed by atoms with Crippen molar-refractivity contribution in [2.75, 3.05) is 5.32 Å². The summed E-state index contributed by atoms with van der Waals surface area (Å²) in [6, 6.07) is 12.2. The van der Waals surface area contributed by atoms with Crippen LogP contribution in [0.5, 0.6) is 5.75 Å². The van der Waals surface area contributed by atoms with Crippen LogP contribution in [-0.4, -0.2) is 11.1 Å². The van der Waals surface area contributed by atoms with Crippen molar-refractivity contribution in [2.24, 2.45) is 0 Å². The highest BCUT2D eigenvalue weighted by Gasteiger charge is 2.06. The van der Waals surface area contributed by atoms with Crippen molar-refractivity contribution >= 4 is 5.82 Å². The summed E-state index contributed by atoms with van der Waals surface area (Å²) >= 11 is 0. The summed E-state index contributed by atoms with van der Waals surface area (Å²) in [5.74, 6) is 1.59. The molecule has 0 aliphatic carbocycles. The van der Waals surface area contributed by atoms with E-state index in [1.165, 1.54) is 11.1 Å². The quantitative estimate of drug-likeness (QED) is 0.883. The van der Waals surface area contributed by atoms with Crippen molar-refractivity contribution in [3.8, 4) is 5.75 Å². The van der Waals surface area contributed by atoms with Gasteiger partial charge in [-0.15, -0.1) is 0 Å². The maximum Gasteiger partial charge on any atom is 0.169 e. The van der Waals surface area contributed by atoms with Gasteiger partial charge in [0.1, 0.15) is 0 Å². The predicted octanol–water partition coefficient (Wildman–Crippen LogP) is 3.79.